The van der Waals surface area contributed by atoms with Crippen molar-refractivity contribution in [1.82, 2.24) is 4.90 Å². The molecule has 6 heteroatoms. The summed E-state index contributed by atoms with van der Waals surface area (Å²) in [4.78, 5) is 25.4. The van der Waals surface area contributed by atoms with E-state index in [9.17, 15) is 14.0 Å². The third kappa shape index (κ3) is 4.27. The minimum Gasteiger partial charge on any atom is -0.497 e. The van der Waals surface area contributed by atoms with Crippen LogP contribution in [0.4, 0.5) is 4.39 Å². The van der Waals surface area contributed by atoms with Crippen LogP contribution >= 0.6 is 0 Å². The van der Waals surface area contributed by atoms with Crippen LogP contribution in [0.1, 0.15) is 30.1 Å². The van der Waals surface area contributed by atoms with Crippen molar-refractivity contribution in [3.05, 3.63) is 53.8 Å². The maximum absolute atomic E-state index is 14.7. The highest BCUT2D eigenvalue weighted by molar-refractivity contribution is 5.95. The molecule has 1 amide bonds. The summed E-state index contributed by atoms with van der Waals surface area (Å²) in [5, 5.41) is 9.12. The van der Waals surface area contributed by atoms with E-state index in [4.69, 9.17) is 9.84 Å². The summed E-state index contributed by atoms with van der Waals surface area (Å²) in [7, 11) is 1.58. The smallest absolute Gasteiger partial charge is 0.308 e. The van der Waals surface area contributed by atoms with Crippen molar-refractivity contribution < 1.29 is 23.8 Å². The Morgan fingerprint density at radius 1 is 1.19 bits per heavy atom. The first-order valence-electron chi connectivity index (χ1n) is 8.88. The molecule has 1 aliphatic carbocycles. The summed E-state index contributed by atoms with van der Waals surface area (Å²) in [5.41, 5.74) is 1.44. The van der Waals surface area contributed by atoms with Crippen molar-refractivity contribution in [2.45, 2.75) is 25.8 Å². The lowest BCUT2D eigenvalue weighted by molar-refractivity contribution is -0.141. The normalized spacial score (nSPS) is 14.5. The lowest BCUT2D eigenvalue weighted by Gasteiger charge is -2.24. The number of carbonyl (C=O) groups excluding carboxylic acids is 1. The number of halogens is 1. The van der Waals surface area contributed by atoms with Gasteiger partial charge in [0.2, 0.25) is 0 Å². The van der Waals surface area contributed by atoms with Gasteiger partial charge in [-0.1, -0.05) is 25.1 Å². The highest BCUT2D eigenvalue weighted by Gasteiger charge is 2.35. The Hall–Kier alpha value is -2.89. The van der Waals surface area contributed by atoms with E-state index in [1.54, 1.807) is 32.2 Å². The average Bonchev–Trinajstić information content (AvgIpc) is 3.50. The molecule has 2 aromatic carbocycles. The molecule has 1 atom stereocenters. The highest BCUT2D eigenvalue weighted by atomic mass is 19.1. The van der Waals surface area contributed by atoms with Gasteiger partial charge < -0.3 is 14.7 Å². The number of ether oxygens (including phenoxy) is 1. The number of carboxylic acid groups (broad SMARTS) is 1. The third-order valence-corrected chi connectivity index (χ3v) is 4.76. The van der Waals surface area contributed by atoms with Gasteiger partial charge in [0.25, 0.3) is 5.91 Å². The average molecular weight is 371 g/mol. The molecule has 0 aliphatic heterocycles. The summed E-state index contributed by atoms with van der Waals surface area (Å²) < 4.78 is 19.8. The van der Waals surface area contributed by atoms with Crippen LogP contribution in [0.3, 0.4) is 0 Å². The Labute approximate surface area is 157 Å². The lowest BCUT2D eigenvalue weighted by Crippen LogP contribution is -2.39. The Kier molecular flexibility index (Phi) is 5.44. The molecule has 1 fully saturated rings. The molecule has 0 aromatic heterocycles. The van der Waals surface area contributed by atoms with Gasteiger partial charge in [-0.15, -0.1) is 0 Å². The summed E-state index contributed by atoms with van der Waals surface area (Å²) in [6, 6.07) is 11.7. The molecule has 1 saturated carbocycles. The Balaban J connectivity index is 1.83. The van der Waals surface area contributed by atoms with Crippen LogP contribution in [-0.2, 0) is 4.79 Å². The molecule has 0 spiro atoms. The van der Waals surface area contributed by atoms with E-state index in [0.717, 1.165) is 18.4 Å². The van der Waals surface area contributed by atoms with Crippen LogP contribution in [0.25, 0.3) is 11.1 Å². The lowest BCUT2D eigenvalue weighted by atomic mass is 10.0. The van der Waals surface area contributed by atoms with Crippen LogP contribution in [0.15, 0.2) is 42.5 Å². The first-order chi connectivity index (χ1) is 12.9. The molecule has 27 heavy (non-hydrogen) atoms. The van der Waals surface area contributed by atoms with Gasteiger partial charge in [-0.25, -0.2) is 4.39 Å². The van der Waals surface area contributed by atoms with E-state index < -0.39 is 23.6 Å². The zero-order chi connectivity index (χ0) is 19.6. The topological polar surface area (TPSA) is 66.8 Å². The van der Waals surface area contributed by atoms with Crippen LogP contribution in [0.5, 0.6) is 5.75 Å². The predicted molar refractivity (Wildman–Crippen MR) is 99.2 cm³/mol. The fraction of sp³-hybridized carbons (Fsp3) is 0.333. The Morgan fingerprint density at radius 2 is 1.81 bits per heavy atom. The van der Waals surface area contributed by atoms with Crippen molar-refractivity contribution in [2.75, 3.05) is 13.7 Å². The molecule has 3 rings (SSSR count). The van der Waals surface area contributed by atoms with E-state index in [2.05, 4.69) is 0 Å². The molecule has 1 N–H and O–H groups in total. The molecular weight excluding hydrogens is 349 g/mol. The summed E-state index contributed by atoms with van der Waals surface area (Å²) in [6.07, 6.45) is 1.65. The number of nitrogens with zero attached hydrogens (tertiary/aromatic N) is 1. The highest BCUT2D eigenvalue weighted by Crippen LogP contribution is 2.31. The first-order valence-corrected chi connectivity index (χ1v) is 8.88. The van der Waals surface area contributed by atoms with Crippen LogP contribution < -0.4 is 4.74 Å². The van der Waals surface area contributed by atoms with Crippen molar-refractivity contribution in [3.63, 3.8) is 0 Å². The Bertz CT molecular complexity index is 846. The monoisotopic (exact) mass is 371 g/mol. The largest absolute Gasteiger partial charge is 0.497 e. The zero-order valence-electron chi connectivity index (χ0n) is 15.3. The van der Waals surface area contributed by atoms with Crippen molar-refractivity contribution in [3.8, 4) is 16.9 Å². The fourth-order valence-corrected chi connectivity index (χ4v) is 2.96. The van der Waals surface area contributed by atoms with Crippen LogP contribution in [0, 0.1) is 11.7 Å². The standard InChI is InChI=1S/C21H22FNO4/c1-13(21(25)26)12-23(16-6-7-16)20(24)18-10-5-15(11-19(18)22)14-3-8-17(27-2)9-4-14/h3-5,8-11,13,16H,6-7,12H2,1-2H3,(H,25,26). The van der Waals surface area contributed by atoms with E-state index in [1.165, 1.54) is 17.0 Å². The van der Waals surface area contributed by atoms with Gasteiger partial charge in [0.05, 0.1) is 18.6 Å². The second kappa shape index (κ2) is 7.78. The second-order valence-corrected chi connectivity index (χ2v) is 6.85. The number of hydrogen-bond donors (Lipinski definition) is 1. The first kappa shape index (κ1) is 18.9. The van der Waals surface area contributed by atoms with Gasteiger partial charge in [-0.3, -0.25) is 9.59 Å². The number of hydrogen-bond acceptors (Lipinski definition) is 3. The van der Waals surface area contributed by atoms with Crippen molar-refractivity contribution in [1.29, 1.82) is 0 Å². The molecular formula is C21H22FNO4. The van der Waals surface area contributed by atoms with Crippen LogP contribution in [-0.4, -0.2) is 41.6 Å². The maximum atomic E-state index is 14.7. The number of amides is 1. The van der Waals surface area contributed by atoms with Gasteiger partial charge >= 0.3 is 5.97 Å². The summed E-state index contributed by atoms with van der Waals surface area (Å²) in [5.74, 6) is -2.02. The molecule has 0 bridgehead atoms. The molecule has 1 unspecified atom stereocenters. The van der Waals surface area contributed by atoms with Gasteiger partial charge in [0.1, 0.15) is 11.6 Å². The minimum absolute atomic E-state index is 0.0000327. The molecule has 1 aliphatic rings. The molecule has 5 nitrogen and oxygen atoms in total. The van der Waals surface area contributed by atoms with Gasteiger partial charge in [-0.05, 0) is 48.2 Å². The number of methoxy groups -OCH3 is 1. The second-order valence-electron chi connectivity index (χ2n) is 6.85. The molecule has 2 aromatic rings. The maximum Gasteiger partial charge on any atom is 0.308 e. The number of benzene rings is 2. The fourth-order valence-electron chi connectivity index (χ4n) is 2.96. The summed E-state index contributed by atoms with van der Waals surface area (Å²) >= 11 is 0. The SMILES string of the molecule is COc1ccc(-c2ccc(C(=O)N(CC(C)C(=O)O)C3CC3)c(F)c2)cc1. The molecule has 0 radical (unpaired) electrons. The number of aliphatic carboxylic acids is 1. The third-order valence-electron chi connectivity index (χ3n) is 4.76. The molecule has 0 saturated heterocycles. The van der Waals surface area contributed by atoms with E-state index >= 15 is 0 Å². The number of carboxylic acids is 1. The van der Waals surface area contributed by atoms with Gasteiger partial charge in [0.15, 0.2) is 0 Å². The minimum atomic E-state index is -0.969. The zero-order valence-corrected chi connectivity index (χ0v) is 15.3. The number of carbonyl (C=O) groups is 2. The Morgan fingerprint density at radius 3 is 2.33 bits per heavy atom. The molecule has 0 heterocycles. The summed E-state index contributed by atoms with van der Waals surface area (Å²) in [6.45, 7) is 1.63. The van der Waals surface area contributed by atoms with E-state index in [1.807, 2.05) is 12.1 Å². The van der Waals surface area contributed by atoms with Gasteiger partial charge in [0, 0.05) is 12.6 Å². The van der Waals surface area contributed by atoms with E-state index in [0.29, 0.717) is 11.3 Å². The van der Waals surface area contributed by atoms with E-state index in [-0.39, 0.29) is 18.2 Å². The predicted octanol–water partition coefficient (Wildman–Crippen LogP) is 3.83. The van der Waals surface area contributed by atoms with Gasteiger partial charge in [-0.2, -0.15) is 0 Å². The quantitative estimate of drug-likeness (QED) is 0.803. The van der Waals surface area contributed by atoms with Crippen molar-refractivity contribution >= 4 is 11.9 Å². The number of rotatable bonds is 7. The van der Waals surface area contributed by atoms with Crippen LogP contribution in [0.2, 0.25) is 0 Å². The molecule has 142 valence electrons. The van der Waals surface area contributed by atoms with Crippen molar-refractivity contribution in [2.24, 2.45) is 5.92 Å².